The van der Waals surface area contributed by atoms with Crippen molar-refractivity contribution in [2.24, 2.45) is 5.92 Å². The number of esters is 3. The van der Waals surface area contributed by atoms with Crippen LogP contribution >= 0.6 is 0 Å². The molecule has 178 valence electrons. The van der Waals surface area contributed by atoms with Gasteiger partial charge < -0.3 is 24.0 Å². The molecule has 0 spiro atoms. The maximum atomic E-state index is 13.6. The number of nitrogens with zero attached hydrogens (tertiary/aromatic N) is 2. The fourth-order valence-electron chi connectivity index (χ4n) is 5.16. The number of Topliss-reactive ketones (excluding diaryl/α,β-unsaturated/α-hetero) is 1. The number of allylic oxidation sites excluding steroid dienone is 1. The van der Waals surface area contributed by atoms with Gasteiger partial charge in [-0.2, -0.15) is 0 Å². The van der Waals surface area contributed by atoms with E-state index in [2.05, 4.69) is 4.90 Å². The van der Waals surface area contributed by atoms with Gasteiger partial charge in [0.1, 0.15) is 11.7 Å². The Morgan fingerprint density at radius 1 is 0.938 bits per heavy atom. The van der Waals surface area contributed by atoms with Gasteiger partial charge in [-0.25, -0.2) is 4.79 Å². The highest BCUT2D eigenvalue weighted by atomic mass is 16.5. The van der Waals surface area contributed by atoms with Gasteiger partial charge in [0.15, 0.2) is 11.3 Å². The molecule has 0 amide bonds. The Hall–Kier alpha value is -2.58. The minimum atomic E-state index is -1.64. The molecule has 9 nitrogen and oxygen atoms in total. The molecule has 0 aliphatic carbocycles. The van der Waals surface area contributed by atoms with Crippen molar-refractivity contribution >= 4 is 23.7 Å². The zero-order valence-electron chi connectivity index (χ0n) is 19.3. The summed E-state index contributed by atoms with van der Waals surface area (Å²) in [6, 6.07) is 0. The maximum absolute atomic E-state index is 13.6. The second kappa shape index (κ2) is 10.4. The molecule has 0 aromatic carbocycles. The summed E-state index contributed by atoms with van der Waals surface area (Å²) in [6.07, 6.45) is 2.67. The molecule has 0 aromatic heterocycles. The molecule has 1 fully saturated rings. The van der Waals surface area contributed by atoms with E-state index in [1.165, 1.54) is 0 Å². The summed E-state index contributed by atoms with van der Waals surface area (Å²) in [7, 11) is 0. The Morgan fingerprint density at radius 2 is 1.62 bits per heavy atom. The summed E-state index contributed by atoms with van der Waals surface area (Å²) in [4.78, 5) is 56.8. The first-order valence-electron chi connectivity index (χ1n) is 11.7. The van der Waals surface area contributed by atoms with Crippen LogP contribution in [0, 0.1) is 5.92 Å². The van der Waals surface area contributed by atoms with Gasteiger partial charge in [0, 0.05) is 31.6 Å². The second-order valence-electron chi connectivity index (χ2n) is 8.31. The number of rotatable bonds is 8. The van der Waals surface area contributed by atoms with Gasteiger partial charge in [0.05, 0.1) is 26.2 Å². The molecule has 3 rings (SSSR count). The van der Waals surface area contributed by atoms with Crippen molar-refractivity contribution in [3.63, 3.8) is 0 Å². The summed E-state index contributed by atoms with van der Waals surface area (Å²) in [6.45, 7) is 7.39. The van der Waals surface area contributed by atoms with E-state index in [1.54, 1.807) is 20.8 Å². The predicted octanol–water partition coefficient (Wildman–Crippen LogP) is 1.80. The van der Waals surface area contributed by atoms with Crippen molar-refractivity contribution in [1.29, 1.82) is 0 Å². The molecular formula is C23H34N2O7. The van der Waals surface area contributed by atoms with Gasteiger partial charge >= 0.3 is 17.9 Å². The zero-order chi connectivity index (χ0) is 23.3. The van der Waals surface area contributed by atoms with E-state index >= 15 is 0 Å². The van der Waals surface area contributed by atoms with Crippen LogP contribution < -0.4 is 0 Å². The van der Waals surface area contributed by atoms with Crippen molar-refractivity contribution in [3.8, 4) is 0 Å². The number of hydrogen-bond acceptors (Lipinski definition) is 9. The molecule has 0 aromatic rings. The first-order chi connectivity index (χ1) is 15.4. The van der Waals surface area contributed by atoms with Crippen molar-refractivity contribution in [2.45, 2.75) is 64.8 Å². The molecule has 1 saturated heterocycles. The molecule has 32 heavy (non-hydrogen) atoms. The highest BCUT2D eigenvalue weighted by molar-refractivity contribution is 6.04. The van der Waals surface area contributed by atoms with Gasteiger partial charge in [0.25, 0.3) is 0 Å². The van der Waals surface area contributed by atoms with Crippen molar-refractivity contribution in [3.05, 3.63) is 11.4 Å². The van der Waals surface area contributed by atoms with Crippen molar-refractivity contribution in [1.82, 2.24) is 9.80 Å². The third-order valence-electron chi connectivity index (χ3n) is 6.44. The highest BCUT2D eigenvalue weighted by Crippen LogP contribution is 2.46. The first kappa shape index (κ1) is 24.1. The molecule has 0 saturated carbocycles. The standard InChI is InChI=1S/C23H34N2O7/c1-4-30-19(27)14-17(21(28)31-5-2)23(22(29)32-6-3)15-18(26)16-10-7-8-11-24-12-9-13-25(23)20(16)24/h17H,4-15H2,1-3H3/t17-,23-/m0/s1. The lowest BCUT2D eigenvalue weighted by Gasteiger charge is -2.54. The number of ketones is 1. The second-order valence-corrected chi connectivity index (χ2v) is 8.31. The molecule has 9 heteroatoms. The van der Waals surface area contributed by atoms with E-state index in [-0.39, 0.29) is 38.4 Å². The van der Waals surface area contributed by atoms with E-state index in [9.17, 15) is 19.2 Å². The third-order valence-corrected chi connectivity index (χ3v) is 6.44. The fourth-order valence-corrected chi connectivity index (χ4v) is 5.16. The molecular weight excluding hydrogens is 416 g/mol. The summed E-state index contributed by atoms with van der Waals surface area (Å²) < 4.78 is 15.9. The third kappa shape index (κ3) is 4.34. The van der Waals surface area contributed by atoms with Crippen LogP contribution in [0.4, 0.5) is 0 Å². The predicted molar refractivity (Wildman–Crippen MR) is 114 cm³/mol. The van der Waals surface area contributed by atoms with Crippen molar-refractivity contribution in [2.75, 3.05) is 39.5 Å². The Bertz CT molecular complexity index is 793. The Morgan fingerprint density at radius 3 is 2.31 bits per heavy atom. The topological polar surface area (TPSA) is 102 Å². The highest BCUT2D eigenvalue weighted by Gasteiger charge is 2.61. The van der Waals surface area contributed by atoms with E-state index in [1.807, 2.05) is 4.90 Å². The summed E-state index contributed by atoms with van der Waals surface area (Å²) in [5, 5.41) is 0. The van der Waals surface area contributed by atoms with Gasteiger partial charge in [-0.15, -0.1) is 0 Å². The Labute approximate surface area is 189 Å². The monoisotopic (exact) mass is 450 g/mol. The molecule has 3 aliphatic rings. The smallest absolute Gasteiger partial charge is 0.333 e. The van der Waals surface area contributed by atoms with E-state index in [4.69, 9.17) is 14.2 Å². The number of hydrogen-bond donors (Lipinski definition) is 0. The number of ether oxygens (including phenoxy) is 3. The number of carbonyl (C=O) groups excluding carboxylic acids is 4. The molecule has 2 atom stereocenters. The Balaban J connectivity index is 2.17. The van der Waals surface area contributed by atoms with Crippen LogP contribution in [-0.4, -0.2) is 78.5 Å². The molecule has 0 unspecified atom stereocenters. The van der Waals surface area contributed by atoms with Crippen LogP contribution in [0.15, 0.2) is 11.4 Å². The van der Waals surface area contributed by atoms with Crippen LogP contribution in [0.1, 0.15) is 59.3 Å². The average Bonchev–Trinajstić information content (AvgIpc) is 2.99. The maximum Gasteiger partial charge on any atom is 0.333 e. The van der Waals surface area contributed by atoms with Crippen LogP contribution in [0.5, 0.6) is 0 Å². The number of carbonyl (C=O) groups is 4. The van der Waals surface area contributed by atoms with Gasteiger partial charge in [-0.05, 0) is 46.5 Å². The lowest BCUT2D eigenvalue weighted by Crippen LogP contribution is -2.68. The molecule has 3 aliphatic heterocycles. The first-order valence-corrected chi connectivity index (χ1v) is 11.7. The minimum Gasteiger partial charge on any atom is -0.466 e. The zero-order valence-corrected chi connectivity index (χ0v) is 19.3. The van der Waals surface area contributed by atoms with Crippen LogP contribution in [0.3, 0.4) is 0 Å². The summed E-state index contributed by atoms with van der Waals surface area (Å²) in [5.41, 5.74) is -0.936. The Kier molecular flexibility index (Phi) is 7.79. The lowest BCUT2D eigenvalue weighted by atomic mass is 9.72. The quantitative estimate of drug-likeness (QED) is 0.404. The molecule has 0 bridgehead atoms. The normalized spacial score (nSPS) is 23.8. The van der Waals surface area contributed by atoms with E-state index < -0.39 is 29.4 Å². The summed E-state index contributed by atoms with van der Waals surface area (Å²) >= 11 is 0. The van der Waals surface area contributed by atoms with Crippen molar-refractivity contribution < 1.29 is 33.4 Å². The molecule has 0 radical (unpaired) electrons. The van der Waals surface area contributed by atoms with Gasteiger partial charge in [-0.3, -0.25) is 14.4 Å². The summed E-state index contributed by atoms with van der Waals surface area (Å²) in [5.74, 6) is -2.66. The van der Waals surface area contributed by atoms with E-state index in [0.717, 1.165) is 38.2 Å². The minimum absolute atomic E-state index is 0.0884. The largest absolute Gasteiger partial charge is 0.466 e. The van der Waals surface area contributed by atoms with Crippen LogP contribution in [0.2, 0.25) is 0 Å². The van der Waals surface area contributed by atoms with Gasteiger partial charge in [0.2, 0.25) is 0 Å². The van der Waals surface area contributed by atoms with Crippen LogP contribution in [0.25, 0.3) is 0 Å². The molecule has 3 heterocycles. The molecule has 0 N–H and O–H groups in total. The van der Waals surface area contributed by atoms with Gasteiger partial charge in [-0.1, -0.05) is 0 Å². The van der Waals surface area contributed by atoms with Crippen LogP contribution in [-0.2, 0) is 33.4 Å². The lowest BCUT2D eigenvalue weighted by molar-refractivity contribution is -0.178. The van der Waals surface area contributed by atoms with E-state index in [0.29, 0.717) is 18.5 Å². The SMILES string of the molecule is CCOC(=O)C[C@@H](C(=O)OCC)[C@]1(C(=O)OCC)CC(=O)C2=C3N(CCCC2)CCCN31. The fraction of sp³-hybridized carbons (Fsp3) is 0.739. The average molecular weight is 451 g/mol.